The highest BCUT2D eigenvalue weighted by Gasteiger charge is 2.33. The van der Waals surface area contributed by atoms with E-state index in [1.165, 1.54) is 22.8 Å². The molecule has 0 aliphatic carbocycles. The molecule has 0 radical (unpaired) electrons. The van der Waals surface area contributed by atoms with Gasteiger partial charge in [-0.25, -0.2) is 0 Å². The maximum absolute atomic E-state index is 2.62. The first-order valence-corrected chi connectivity index (χ1v) is 17.9. The molecular weight excluding hydrogens is 549 g/mol. The van der Waals surface area contributed by atoms with Crippen LogP contribution in [0.15, 0.2) is 60.7 Å². The molecule has 6 nitrogen and oxygen atoms in total. The lowest BCUT2D eigenvalue weighted by Gasteiger charge is -2.50. The Bertz CT molecular complexity index is 1270. The predicted molar refractivity (Wildman–Crippen MR) is 183 cm³/mol. The lowest BCUT2D eigenvalue weighted by molar-refractivity contribution is -0.715. The quantitative estimate of drug-likeness (QED) is 0.275. The molecule has 0 N–H and O–H groups in total. The summed E-state index contributed by atoms with van der Waals surface area (Å²) in [5.41, 5.74) is 3.16. The van der Waals surface area contributed by atoms with Crippen LogP contribution in [0.4, 0.5) is 0 Å². The molecule has 42 heavy (non-hydrogen) atoms. The fourth-order valence-corrected chi connectivity index (χ4v) is 11.4. The van der Waals surface area contributed by atoms with Gasteiger partial charge in [0.25, 0.3) is 0 Å². The molecule has 0 fully saturated rings. The summed E-state index contributed by atoms with van der Waals surface area (Å²) in [6, 6.07) is 21.6. The van der Waals surface area contributed by atoms with Crippen LogP contribution in [0.2, 0.25) is 0 Å². The van der Waals surface area contributed by atoms with Crippen molar-refractivity contribution in [2.24, 2.45) is 0 Å². The Kier molecular flexibility index (Phi) is 9.55. The van der Waals surface area contributed by atoms with Crippen LogP contribution in [0.3, 0.4) is 0 Å². The summed E-state index contributed by atoms with van der Waals surface area (Å²) >= 11 is 0. The van der Waals surface area contributed by atoms with Crippen molar-refractivity contribution in [1.82, 2.24) is 8.44 Å². The number of hydrogen-bond donors (Lipinski definition) is 0. The summed E-state index contributed by atoms with van der Waals surface area (Å²) in [4.78, 5) is 0. The molecule has 232 valence electrons. The third-order valence-corrected chi connectivity index (χ3v) is 13.9. The Labute approximate surface area is 260 Å². The fraction of sp³-hybridized carbons (Fsp3) is 0.588. The number of hydrogen-bond acceptors (Lipinski definition) is 2. The van der Waals surface area contributed by atoms with E-state index in [0.29, 0.717) is 0 Å². The molecule has 4 rings (SSSR count). The van der Waals surface area contributed by atoms with Gasteiger partial charge < -0.3 is 26.0 Å². The first kappa shape index (κ1) is 33.9. The maximum atomic E-state index is 2.62. The van der Waals surface area contributed by atoms with Gasteiger partial charge in [0.05, 0.1) is 0 Å². The Morgan fingerprint density at radius 2 is 0.738 bits per heavy atom. The van der Waals surface area contributed by atoms with Crippen LogP contribution in [0.5, 0.6) is 0 Å². The summed E-state index contributed by atoms with van der Waals surface area (Å²) in [6.07, 6.45) is 0. The molecule has 0 bridgehead atoms. The molecule has 0 unspecified atom stereocenters. The molecule has 0 aliphatic heterocycles. The van der Waals surface area contributed by atoms with Gasteiger partial charge >= 0.3 is 0 Å². The predicted octanol–water partition coefficient (Wildman–Crippen LogP) is 5.79. The highest BCUT2D eigenvalue weighted by Crippen LogP contribution is 2.28. The van der Waals surface area contributed by atoms with Crippen molar-refractivity contribution in [1.29, 1.82) is 0 Å². The number of rotatable bonds is 4. The molecule has 2 heterocycles. The van der Waals surface area contributed by atoms with E-state index in [2.05, 4.69) is 198 Å². The second-order valence-corrected chi connectivity index (χ2v) is 20.6. The summed E-state index contributed by atoms with van der Waals surface area (Å²) in [5.74, 6) is 2.75. The van der Waals surface area contributed by atoms with Gasteiger partial charge in [0.2, 0.25) is 17.8 Å². The Hall–Kier alpha value is -2.59. The van der Waals surface area contributed by atoms with Gasteiger partial charge in [-0.2, -0.15) is 0 Å². The smallest absolute Gasteiger partial charge is 0.220 e. The van der Waals surface area contributed by atoms with E-state index in [9.17, 15) is 0 Å². The Morgan fingerprint density at radius 3 is 0.929 bits per heavy atom. The van der Waals surface area contributed by atoms with Crippen LogP contribution in [-0.2, 0) is 22.2 Å². The molecule has 0 saturated carbocycles. The van der Waals surface area contributed by atoms with E-state index >= 15 is 0 Å². The van der Waals surface area contributed by atoms with Gasteiger partial charge in [0.1, 0.15) is 11.6 Å². The average Bonchev–Trinajstić information content (AvgIpc) is 2.75. The minimum atomic E-state index is -0.889. The molecule has 0 amide bonds. The van der Waals surface area contributed by atoms with Crippen LogP contribution >= 0.6 is 0 Å². The van der Waals surface area contributed by atoms with Crippen LogP contribution in [0, 0.1) is 0 Å². The van der Waals surface area contributed by atoms with E-state index < -0.39 is 17.8 Å². The van der Waals surface area contributed by atoms with E-state index in [4.69, 9.17) is 0 Å². The lowest BCUT2D eigenvalue weighted by Crippen LogP contribution is -2.74. The minimum absolute atomic E-state index is 0.130. The first-order valence-electron chi connectivity index (χ1n) is 15.2. The van der Waals surface area contributed by atoms with Crippen molar-refractivity contribution in [2.75, 3.05) is 37.3 Å². The van der Waals surface area contributed by atoms with Crippen LogP contribution in [0.25, 0.3) is 22.8 Å². The topological polar surface area (TPSA) is 24.1 Å². The van der Waals surface area contributed by atoms with Crippen molar-refractivity contribution in [3.63, 3.8) is 0 Å². The van der Waals surface area contributed by atoms with E-state index in [-0.39, 0.29) is 22.2 Å². The SMILES string of the molecule is CN(C)[si-]1n(C(C)(C)C)c(-c2ccccc2)[n+]1C(C)(C)C.CN(C)[si-]1n(C(C)(C)C)c(-c2ccccc2)[n+]1C(C)(C)C. The molecule has 8 heteroatoms. The molecular formula is C34H58N6Si2. The zero-order chi connectivity index (χ0) is 32.0. The zero-order valence-corrected chi connectivity index (χ0v) is 31.5. The van der Waals surface area contributed by atoms with Crippen LogP contribution < -0.4 is 17.6 Å². The molecule has 4 aromatic rings. The van der Waals surface area contributed by atoms with Gasteiger partial charge in [-0.1, -0.05) is 36.4 Å². The summed E-state index contributed by atoms with van der Waals surface area (Å²) < 4.78 is 15.3. The number of aromatic nitrogens is 4. The molecule has 0 atom stereocenters. The molecule has 0 aliphatic rings. The summed E-state index contributed by atoms with van der Waals surface area (Å²) in [7, 11) is 7.03. The van der Waals surface area contributed by atoms with Gasteiger partial charge in [0, 0.05) is 61.5 Å². The maximum Gasteiger partial charge on any atom is 0.220 e. The van der Waals surface area contributed by atoms with Crippen molar-refractivity contribution >= 4 is 17.8 Å². The second kappa shape index (κ2) is 11.8. The number of benzene rings is 2. The second-order valence-electron chi connectivity index (χ2n) is 15.8. The average molecular weight is 607 g/mol. The third kappa shape index (κ3) is 6.80. The van der Waals surface area contributed by atoms with Crippen molar-refractivity contribution in [3.8, 4) is 22.8 Å². The van der Waals surface area contributed by atoms with Crippen LogP contribution in [0.1, 0.15) is 83.1 Å². The van der Waals surface area contributed by atoms with Crippen molar-refractivity contribution in [3.05, 3.63) is 60.7 Å². The number of nitrogens with zero attached hydrogens (tertiary/aromatic N) is 6. The van der Waals surface area contributed by atoms with Gasteiger partial charge in [-0.15, -0.1) is 0 Å². The van der Waals surface area contributed by atoms with Crippen LogP contribution in [-0.4, -0.2) is 54.4 Å². The van der Waals surface area contributed by atoms with Gasteiger partial charge in [0.15, 0.2) is 0 Å². The standard InChI is InChI=1S/2C17H29N3Si/c2*1-16(2,3)19-15(14-12-10-9-11-13-14)20(17(4,5)6)21(19)18(7)8/h2*9-13H,1-8H3. The van der Waals surface area contributed by atoms with Crippen molar-refractivity contribution in [2.45, 2.75) is 105 Å². The molecule has 2 aromatic carbocycles. The largest absolute Gasteiger partial charge is 0.481 e. The Balaban J connectivity index is 0.000000230. The monoisotopic (exact) mass is 606 g/mol. The first-order chi connectivity index (χ1) is 19.1. The fourth-order valence-electron chi connectivity index (χ4n) is 5.65. The highest BCUT2D eigenvalue weighted by molar-refractivity contribution is 6.42. The zero-order valence-electron chi connectivity index (χ0n) is 29.5. The minimum Gasteiger partial charge on any atom is -0.481 e. The molecule has 2 aromatic heterocycles. The molecule has 0 saturated heterocycles. The summed E-state index contributed by atoms with van der Waals surface area (Å²) in [6.45, 7) is 27.7. The van der Waals surface area contributed by atoms with E-state index in [1.54, 1.807) is 0 Å². The van der Waals surface area contributed by atoms with E-state index in [0.717, 1.165) is 0 Å². The van der Waals surface area contributed by atoms with Gasteiger partial charge in [-0.05, 0) is 107 Å². The highest BCUT2D eigenvalue weighted by atomic mass is 28.3. The summed E-state index contributed by atoms with van der Waals surface area (Å²) in [5, 5.41) is 0. The third-order valence-electron chi connectivity index (χ3n) is 7.19. The normalized spacial score (nSPS) is 12.8. The lowest BCUT2D eigenvalue weighted by atomic mass is 10.1. The van der Waals surface area contributed by atoms with Gasteiger partial charge in [-0.3, -0.25) is 0 Å². The van der Waals surface area contributed by atoms with E-state index in [1.807, 2.05) is 0 Å². The van der Waals surface area contributed by atoms with Crippen molar-refractivity contribution < 1.29 is 8.44 Å². The molecule has 0 spiro atoms. The Morgan fingerprint density at radius 1 is 0.476 bits per heavy atom.